The second-order valence-corrected chi connectivity index (χ2v) is 10.3. The molecule has 0 saturated carbocycles. The molecule has 3 aromatic carbocycles. The second-order valence-electron chi connectivity index (χ2n) is 8.20. The third-order valence-corrected chi connectivity index (χ3v) is 7.07. The Balaban J connectivity index is 0.000000747. The second kappa shape index (κ2) is 12.2. The maximum absolute atomic E-state index is 13.8. The summed E-state index contributed by atoms with van der Waals surface area (Å²) in [6, 6.07) is 25.4. The molecule has 1 aliphatic heterocycles. The molecule has 2 N–H and O–H groups in total. The van der Waals surface area contributed by atoms with Gasteiger partial charge in [-0.05, 0) is 35.4 Å². The molecule has 4 aromatic rings. The Hall–Kier alpha value is -3.43. The first-order valence-corrected chi connectivity index (χ1v) is 13.2. The molecule has 1 amide bonds. The normalized spacial score (nSPS) is 13.7. The molecule has 0 bridgehead atoms. The number of carbonyl (C=O) groups is 2. The summed E-state index contributed by atoms with van der Waals surface area (Å²) >= 11 is 1.90. The summed E-state index contributed by atoms with van der Waals surface area (Å²) < 4.78 is 16.6. The number of aliphatic carboxylic acids is 1. The van der Waals surface area contributed by atoms with Crippen molar-refractivity contribution >= 4 is 71.3 Å². The minimum absolute atomic E-state index is 0.239. The van der Waals surface area contributed by atoms with Gasteiger partial charge in [0.2, 0.25) is 0 Å². The maximum atomic E-state index is 13.8. The van der Waals surface area contributed by atoms with E-state index in [-0.39, 0.29) is 11.7 Å². The van der Waals surface area contributed by atoms with Crippen LogP contribution in [0, 0.1) is 5.82 Å². The van der Waals surface area contributed by atoms with E-state index < -0.39 is 5.97 Å². The Bertz CT molecular complexity index is 1480. The zero-order chi connectivity index (χ0) is 26.4. The van der Waals surface area contributed by atoms with E-state index in [9.17, 15) is 9.18 Å². The number of halogens is 1. The van der Waals surface area contributed by atoms with E-state index >= 15 is 0 Å². The van der Waals surface area contributed by atoms with Crippen LogP contribution in [0.4, 0.5) is 10.1 Å². The standard InChI is InChI=1S/C26H17FN3OS.C2H4O2.Na/c27-21-4-3-5-22(17-21)28-26-29-25(31)24(32-26)16-18-6-8-19(9-7-18)20-10-12-23(13-11-20)30-14-1-2-15-30;1-2(3)4;/h1-3,5-17H,(H,28,29,31);1H3,(H,3,4);. The van der Waals surface area contributed by atoms with Gasteiger partial charge >= 0.3 is 144 Å². The molecule has 0 spiro atoms. The van der Waals surface area contributed by atoms with Crippen molar-refractivity contribution in [1.82, 2.24) is 4.57 Å². The summed E-state index contributed by atoms with van der Waals surface area (Å²) in [6.45, 7) is 1.08. The summed E-state index contributed by atoms with van der Waals surface area (Å²) in [7, 11) is 0. The number of benzene rings is 3. The number of carbonyl (C=O) groups excluding carboxylic acids is 1. The molecule has 0 saturated heterocycles. The Kier molecular flexibility index (Phi) is 8.78. The van der Waals surface area contributed by atoms with Gasteiger partial charge in [-0.3, -0.25) is 4.79 Å². The van der Waals surface area contributed by atoms with Crippen molar-refractivity contribution in [1.29, 1.82) is 0 Å². The molecule has 2 heterocycles. The number of carboxylic acids is 1. The van der Waals surface area contributed by atoms with Crippen LogP contribution in [0.15, 0.2) is 101 Å². The third-order valence-electron chi connectivity index (χ3n) is 5.36. The monoisotopic (exact) mass is 521 g/mol. The number of amidine groups is 1. The summed E-state index contributed by atoms with van der Waals surface area (Å²) in [6.07, 6.45) is 5.86. The van der Waals surface area contributed by atoms with E-state index in [1.807, 2.05) is 54.9 Å². The van der Waals surface area contributed by atoms with E-state index in [2.05, 4.69) is 39.1 Å². The van der Waals surface area contributed by atoms with E-state index in [1.54, 1.807) is 12.1 Å². The van der Waals surface area contributed by atoms with Crippen LogP contribution in [-0.2, 0) is 9.59 Å². The Morgan fingerprint density at radius 1 is 1.03 bits per heavy atom. The predicted molar refractivity (Wildman–Crippen MR) is 148 cm³/mol. The number of anilines is 1. The third kappa shape index (κ3) is 7.30. The van der Waals surface area contributed by atoms with Gasteiger partial charge in [0.05, 0.1) is 0 Å². The molecule has 37 heavy (non-hydrogen) atoms. The van der Waals surface area contributed by atoms with E-state index in [4.69, 9.17) is 9.90 Å². The van der Waals surface area contributed by atoms with Crippen molar-refractivity contribution < 1.29 is 19.1 Å². The Labute approximate surface area is 235 Å². The molecule has 0 unspecified atom stereocenters. The number of aromatic nitrogens is 1. The number of nitrogens with one attached hydrogen (secondary N) is 1. The van der Waals surface area contributed by atoms with Crippen molar-refractivity contribution in [2.45, 2.75) is 6.92 Å². The first-order chi connectivity index (χ1) is 17.8. The van der Waals surface area contributed by atoms with Crippen molar-refractivity contribution in [2.75, 3.05) is 5.32 Å². The quantitative estimate of drug-likeness (QED) is 0.283. The van der Waals surface area contributed by atoms with E-state index in [0.717, 1.165) is 29.3 Å². The Morgan fingerprint density at radius 2 is 1.62 bits per heavy atom. The average molecular weight is 522 g/mol. The number of hydrogen-bond acceptors (Lipinski definition) is 4. The molecule has 1 aliphatic rings. The topological polar surface area (TPSA) is 83.7 Å². The first kappa shape index (κ1) is 26.6. The molecule has 0 aliphatic carbocycles. The number of aliphatic imine (C=N–C) groups is 1. The van der Waals surface area contributed by atoms with Gasteiger partial charge in [0.1, 0.15) is 0 Å². The number of carboxylic acid groups (broad SMARTS) is 1. The van der Waals surface area contributed by atoms with Crippen LogP contribution in [0.25, 0.3) is 22.9 Å². The molecule has 1 aromatic heterocycles. The molecule has 0 radical (unpaired) electrons. The fourth-order valence-electron chi connectivity index (χ4n) is 3.51. The van der Waals surface area contributed by atoms with Gasteiger partial charge in [0.15, 0.2) is 0 Å². The van der Waals surface area contributed by atoms with Crippen molar-refractivity contribution in [3.8, 4) is 16.8 Å². The molecule has 6 nitrogen and oxygen atoms in total. The van der Waals surface area contributed by atoms with Gasteiger partial charge in [0, 0.05) is 25.0 Å². The summed E-state index contributed by atoms with van der Waals surface area (Å²) in [5.41, 5.74) is 4.84. The minimum atomic E-state index is -0.833. The van der Waals surface area contributed by atoms with Crippen LogP contribution in [0.1, 0.15) is 12.5 Å². The van der Waals surface area contributed by atoms with Gasteiger partial charge in [0.25, 0.3) is 5.97 Å². The molecule has 0 atom stereocenters. The van der Waals surface area contributed by atoms with Crippen LogP contribution in [-0.4, -0.2) is 54.6 Å². The summed E-state index contributed by atoms with van der Waals surface area (Å²) in [4.78, 5) is 25.9. The van der Waals surface area contributed by atoms with Gasteiger partial charge in [-0.25, -0.2) is 0 Å². The number of hydrogen-bond donors (Lipinski definition) is 2. The molecular formula is C28H21FN3NaO3S. The first-order valence-electron chi connectivity index (χ1n) is 11.4. The van der Waals surface area contributed by atoms with Crippen molar-refractivity contribution in [2.24, 2.45) is 4.99 Å². The van der Waals surface area contributed by atoms with Crippen LogP contribution >= 0.6 is 11.8 Å². The van der Waals surface area contributed by atoms with Crippen LogP contribution in [0.3, 0.4) is 0 Å². The summed E-state index contributed by atoms with van der Waals surface area (Å²) in [5.74, 6) is -1.37. The summed E-state index contributed by atoms with van der Waals surface area (Å²) in [5, 5.41) is 10.9. The van der Waals surface area contributed by atoms with Gasteiger partial charge < -0.3 is 9.67 Å². The SMILES string of the molecule is CC(=O)O.O=C1N=C(Nc2cc[c]([Na])c(F)c2)SC1=Cc1ccc(-c2ccc(-n3cccc3)cc2)cc1. The van der Waals surface area contributed by atoms with E-state index in [0.29, 0.717) is 46.5 Å². The van der Waals surface area contributed by atoms with Gasteiger partial charge in [-0.1, -0.05) is 12.1 Å². The molecule has 0 fully saturated rings. The zero-order valence-electron chi connectivity index (χ0n) is 20.2. The zero-order valence-corrected chi connectivity index (χ0v) is 23.0. The fourth-order valence-corrected chi connectivity index (χ4v) is 4.66. The molecule has 180 valence electrons. The number of rotatable bonds is 4. The van der Waals surface area contributed by atoms with E-state index in [1.165, 1.54) is 17.8 Å². The Morgan fingerprint density at radius 3 is 2.22 bits per heavy atom. The van der Waals surface area contributed by atoms with Gasteiger partial charge in [-0.15, -0.1) is 0 Å². The molecule has 5 rings (SSSR count). The van der Waals surface area contributed by atoms with Crippen molar-refractivity contribution in [3.63, 3.8) is 0 Å². The van der Waals surface area contributed by atoms with Crippen LogP contribution in [0.5, 0.6) is 0 Å². The fraction of sp³-hybridized carbons (Fsp3) is 0.0357. The average Bonchev–Trinajstić information content (AvgIpc) is 3.52. The number of nitrogens with zero attached hydrogens (tertiary/aromatic N) is 2. The molecular weight excluding hydrogens is 500 g/mol. The number of amides is 1. The predicted octanol–water partition coefficient (Wildman–Crippen LogP) is 5.25. The van der Waals surface area contributed by atoms with Gasteiger partial charge in [-0.2, -0.15) is 0 Å². The number of thioether (sulfide) groups is 1. The molecule has 9 heteroatoms. The van der Waals surface area contributed by atoms with Crippen LogP contribution in [0.2, 0.25) is 0 Å². The van der Waals surface area contributed by atoms with Crippen molar-refractivity contribution in [3.05, 3.63) is 108 Å². The van der Waals surface area contributed by atoms with Crippen LogP contribution < -0.4 is 8.13 Å².